The standard InChI is InChI=1S/C13H25Br/c1-2-3-4-5-6-7-8-9-10-11-12-13-14/h4-5H,2-3,6-13H2,1H3/b5-4-. The number of hydrogen-bond donors (Lipinski definition) is 0. The Morgan fingerprint density at radius 1 is 0.786 bits per heavy atom. The van der Waals surface area contributed by atoms with Gasteiger partial charge in [-0.15, -0.1) is 0 Å². The lowest BCUT2D eigenvalue weighted by Crippen LogP contribution is -1.80. The van der Waals surface area contributed by atoms with Gasteiger partial charge in [-0.3, -0.25) is 0 Å². The molecule has 0 atom stereocenters. The molecule has 0 unspecified atom stereocenters. The van der Waals surface area contributed by atoms with Crippen LogP contribution >= 0.6 is 15.9 Å². The van der Waals surface area contributed by atoms with E-state index in [0.717, 1.165) is 0 Å². The van der Waals surface area contributed by atoms with Crippen LogP contribution in [0.4, 0.5) is 0 Å². The molecule has 84 valence electrons. The Morgan fingerprint density at radius 2 is 1.36 bits per heavy atom. The fraction of sp³-hybridized carbons (Fsp3) is 0.846. The van der Waals surface area contributed by atoms with E-state index in [1.807, 2.05) is 0 Å². The van der Waals surface area contributed by atoms with E-state index in [0.29, 0.717) is 0 Å². The van der Waals surface area contributed by atoms with Gasteiger partial charge in [0.15, 0.2) is 0 Å². The van der Waals surface area contributed by atoms with Gasteiger partial charge in [-0.05, 0) is 25.7 Å². The number of unbranched alkanes of at least 4 members (excludes halogenated alkanes) is 7. The second-order valence-corrected chi connectivity index (χ2v) is 4.65. The van der Waals surface area contributed by atoms with Crippen molar-refractivity contribution >= 4 is 15.9 Å². The van der Waals surface area contributed by atoms with Gasteiger partial charge in [0.2, 0.25) is 0 Å². The second kappa shape index (κ2) is 13.2. The van der Waals surface area contributed by atoms with Gasteiger partial charge in [-0.25, -0.2) is 0 Å². The molecule has 1 heteroatoms. The molecular weight excluding hydrogens is 236 g/mol. The number of allylic oxidation sites excluding steroid dienone is 2. The van der Waals surface area contributed by atoms with Crippen molar-refractivity contribution in [2.75, 3.05) is 5.33 Å². The minimum atomic E-state index is 1.17. The number of alkyl halides is 1. The lowest BCUT2D eigenvalue weighted by atomic mass is 10.1. The van der Waals surface area contributed by atoms with E-state index in [2.05, 4.69) is 35.0 Å². The zero-order valence-corrected chi connectivity index (χ0v) is 11.2. The molecule has 0 spiro atoms. The molecule has 0 aliphatic carbocycles. The average Bonchev–Trinajstić information content (AvgIpc) is 2.21. The van der Waals surface area contributed by atoms with Crippen LogP contribution in [0.2, 0.25) is 0 Å². The van der Waals surface area contributed by atoms with Gasteiger partial charge < -0.3 is 0 Å². The van der Waals surface area contributed by atoms with Crippen molar-refractivity contribution in [3.8, 4) is 0 Å². The Balaban J connectivity index is 2.91. The van der Waals surface area contributed by atoms with E-state index in [1.54, 1.807) is 0 Å². The molecule has 0 aromatic heterocycles. The molecule has 0 aromatic rings. The average molecular weight is 261 g/mol. The smallest absolute Gasteiger partial charge is 0.00313 e. The quantitative estimate of drug-likeness (QED) is 0.278. The maximum absolute atomic E-state index is 3.46. The largest absolute Gasteiger partial charge is 0.0928 e. The van der Waals surface area contributed by atoms with Gasteiger partial charge >= 0.3 is 0 Å². The van der Waals surface area contributed by atoms with E-state index >= 15 is 0 Å². The van der Waals surface area contributed by atoms with Crippen LogP contribution < -0.4 is 0 Å². The maximum Gasteiger partial charge on any atom is 0.00313 e. The first-order chi connectivity index (χ1) is 6.91. The van der Waals surface area contributed by atoms with Crippen LogP contribution in [0.3, 0.4) is 0 Å². The van der Waals surface area contributed by atoms with Crippen LogP contribution in [0.5, 0.6) is 0 Å². The number of rotatable bonds is 10. The minimum absolute atomic E-state index is 1.17. The molecule has 0 aromatic carbocycles. The van der Waals surface area contributed by atoms with Crippen LogP contribution in [0, 0.1) is 0 Å². The molecule has 14 heavy (non-hydrogen) atoms. The van der Waals surface area contributed by atoms with Gasteiger partial charge in [-0.2, -0.15) is 0 Å². The van der Waals surface area contributed by atoms with Gasteiger partial charge in [0.25, 0.3) is 0 Å². The summed E-state index contributed by atoms with van der Waals surface area (Å²) in [4.78, 5) is 0. The molecule has 0 heterocycles. The Bertz CT molecular complexity index is 118. The summed E-state index contributed by atoms with van der Waals surface area (Å²) in [6.45, 7) is 2.23. The molecule has 0 bridgehead atoms. The maximum atomic E-state index is 3.46. The molecule has 0 nitrogen and oxygen atoms in total. The Hall–Kier alpha value is 0.220. The predicted molar refractivity (Wildman–Crippen MR) is 70.2 cm³/mol. The Labute approximate surface area is 98.3 Å². The van der Waals surface area contributed by atoms with Crippen LogP contribution in [0.25, 0.3) is 0 Å². The van der Waals surface area contributed by atoms with E-state index in [9.17, 15) is 0 Å². The third-order valence-electron chi connectivity index (χ3n) is 2.38. The van der Waals surface area contributed by atoms with E-state index < -0.39 is 0 Å². The van der Waals surface area contributed by atoms with Crippen LogP contribution in [0.1, 0.15) is 64.7 Å². The summed E-state index contributed by atoms with van der Waals surface area (Å²) in [5.41, 5.74) is 0. The van der Waals surface area contributed by atoms with Crippen LogP contribution in [-0.2, 0) is 0 Å². The molecule has 0 N–H and O–H groups in total. The summed E-state index contributed by atoms with van der Waals surface area (Å²) < 4.78 is 0. The van der Waals surface area contributed by atoms with Crippen molar-refractivity contribution < 1.29 is 0 Å². The summed E-state index contributed by atoms with van der Waals surface area (Å²) >= 11 is 3.46. The Morgan fingerprint density at radius 3 is 2.00 bits per heavy atom. The number of halogens is 1. The first kappa shape index (κ1) is 14.2. The van der Waals surface area contributed by atoms with Gasteiger partial charge in [0.1, 0.15) is 0 Å². The highest BCUT2D eigenvalue weighted by Crippen LogP contribution is 2.08. The zero-order chi connectivity index (χ0) is 10.5. The summed E-state index contributed by atoms with van der Waals surface area (Å²) in [6.07, 6.45) is 16.9. The molecule has 0 radical (unpaired) electrons. The first-order valence-electron chi connectivity index (χ1n) is 6.12. The molecule has 0 aliphatic heterocycles. The molecule has 0 fully saturated rings. The van der Waals surface area contributed by atoms with Crippen LogP contribution in [-0.4, -0.2) is 5.33 Å². The topological polar surface area (TPSA) is 0 Å². The summed E-state index contributed by atoms with van der Waals surface area (Å²) in [6, 6.07) is 0. The zero-order valence-electron chi connectivity index (χ0n) is 9.60. The van der Waals surface area contributed by atoms with E-state index in [-0.39, 0.29) is 0 Å². The first-order valence-corrected chi connectivity index (χ1v) is 7.25. The molecule has 0 amide bonds. The lowest BCUT2D eigenvalue weighted by molar-refractivity contribution is 0.613. The summed E-state index contributed by atoms with van der Waals surface area (Å²) in [5.74, 6) is 0. The SMILES string of the molecule is CCC/C=C\CCCCCCCCBr. The van der Waals surface area contributed by atoms with Gasteiger partial charge in [0.05, 0.1) is 0 Å². The van der Waals surface area contributed by atoms with Crippen molar-refractivity contribution in [3.05, 3.63) is 12.2 Å². The highest BCUT2D eigenvalue weighted by atomic mass is 79.9. The molecular formula is C13H25Br. The molecule has 0 rings (SSSR count). The highest BCUT2D eigenvalue weighted by molar-refractivity contribution is 9.09. The third kappa shape index (κ3) is 12.2. The Kier molecular flexibility index (Phi) is 13.4. The van der Waals surface area contributed by atoms with Crippen LogP contribution in [0.15, 0.2) is 12.2 Å². The van der Waals surface area contributed by atoms with Crippen molar-refractivity contribution in [1.29, 1.82) is 0 Å². The van der Waals surface area contributed by atoms with Gasteiger partial charge in [0, 0.05) is 5.33 Å². The molecule has 0 aliphatic rings. The second-order valence-electron chi connectivity index (χ2n) is 3.86. The summed E-state index contributed by atoms with van der Waals surface area (Å²) in [7, 11) is 0. The summed E-state index contributed by atoms with van der Waals surface area (Å²) in [5, 5.41) is 1.17. The monoisotopic (exact) mass is 260 g/mol. The third-order valence-corrected chi connectivity index (χ3v) is 2.94. The van der Waals surface area contributed by atoms with E-state index in [1.165, 1.54) is 63.1 Å². The number of hydrogen-bond acceptors (Lipinski definition) is 0. The van der Waals surface area contributed by atoms with Crippen molar-refractivity contribution in [2.45, 2.75) is 64.7 Å². The molecule has 0 saturated heterocycles. The van der Waals surface area contributed by atoms with Crippen molar-refractivity contribution in [3.63, 3.8) is 0 Å². The minimum Gasteiger partial charge on any atom is -0.0928 e. The predicted octanol–water partition coefficient (Wildman–Crippen LogP) is 5.47. The van der Waals surface area contributed by atoms with E-state index in [4.69, 9.17) is 0 Å². The van der Waals surface area contributed by atoms with Crippen molar-refractivity contribution in [1.82, 2.24) is 0 Å². The van der Waals surface area contributed by atoms with Crippen molar-refractivity contribution in [2.24, 2.45) is 0 Å². The molecule has 0 saturated carbocycles. The highest BCUT2D eigenvalue weighted by Gasteiger charge is 1.89. The fourth-order valence-electron chi connectivity index (χ4n) is 1.47. The normalized spacial score (nSPS) is 11.3. The lowest BCUT2D eigenvalue weighted by Gasteiger charge is -1.98. The fourth-order valence-corrected chi connectivity index (χ4v) is 1.86. The van der Waals surface area contributed by atoms with Gasteiger partial charge in [-0.1, -0.05) is 67.1 Å².